The van der Waals surface area contributed by atoms with Crippen molar-refractivity contribution in [2.75, 3.05) is 5.75 Å². The first-order chi connectivity index (χ1) is 11.1. The maximum Gasteiger partial charge on any atom is 0.271 e. The fourth-order valence-electron chi connectivity index (χ4n) is 2.99. The Morgan fingerprint density at radius 3 is 2.78 bits per heavy atom. The molecule has 5 nitrogen and oxygen atoms in total. The summed E-state index contributed by atoms with van der Waals surface area (Å²) in [6.07, 6.45) is 5.00. The summed E-state index contributed by atoms with van der Waals surface area (Å²) < 4.78 is 2.21. The SMILES string of the molecule is Cn1c(SCC(=O)NC(C2CC2)C2CC2)nc2ccsc2c1=O. The summed E-state index contributed by atoms with van der Waals surface area (Å²) >= 11 is 2.74. The molecule has 2 saturated carbocycles. The maximum atomic E-state index is 12.3. The van der Waals surface area contributed by atoms with E-state index in [1.807, 2.05) is 11.4 Å². The number of fused-ring (bicyclic) bond motifs is 1. The number of amides is 1. The van der Waals surface area contributed by atoms with E-state index >= 15 is 0 Å². The van der Waals surface area contributed by atoms with E-state index < -0.39 is 0 Å². The number of thioether (sulfide) groups is 1. The molecule has 0 unspecified atom stereocenters. The number of rotatable bonds is 6. The van der Waals surface area contributed by atoms with Crippen LogP contribution in [0.1, 0.15) is 25.7 Å². The number of nitrogens with zero attached hydrogens (tertiary/aromatic N) is 2. The predicted octanol–water partition coefficient (Wildman–Crippen LogP) is 2.39. The Bertz CT molecular complexity index is 793. The molecule has 0 spiro atoms. The van der Waals surface area contributed by atoms with Crippen LogP contribution >= 0.6 is 23.1 Å². The van der Waals surface area contributed by atoms with Gasteiger partial charge in [-0.15, -0.1) is 11.3 Å². The maximum absolute atomic E-state index is 12.3. The van der Waals surface area contributed by atoms with Crippen LogP contribution in [0.5, 0.6) is 0 Å². The van der Waals surface area contributed by atoms with E-state index in [0.717, 1.165) is 5.52 Å². The average molecular weight is 349 g/mol. The minimum atomic E-state index is -0.0401. The topological polar surface area (TPSA) is 64.0 Å². The van der Waals surface area contributed by atoms with Crippen molar-refractivity contribution in [2.45, 2.75) is 36.9 Å². The Balaban J connectivity index is 1.43. The molecular weight excluding hydrogens is 330 g/mol. The van der Waals surface area contributed by atoms with Crippen molar-refractivity contribution >= 4 is 39.2 Å². The minimum absolute atomic E-state index is 0.0401. The molecule has 2 aromatic heterocycles. The highest BCUT2D eigenvalue weighted by molar-refractivity contribution is 7.99. The summed E-state index contributed by atoms with van der Waals surface area (Å²) in [4.78, 5) is 29.0. The molecule has 2 aliphatic carbocycles. The molecule has 2 aliphatic rings. The lowest BCUT2D eigenvalue weighted by Gasteiger charge is -2.17. The largest absolute Gasteiger partial charge is 0.352 e. The highest BCUT2D eigenvalue weighted by Crippen LogP contribution is 2.44. The monoisotopic (exact) mass is 349 g/mol. The summed E-state index contributed by atoms with van der Waals surface area (Å²) in [6, 6.07) is 2.22. The van der Waals surface area contributed by atoms with Crippen LogP contribution in [0.15, 0.2) is 21.4 Å². The second-order valence-electron chi connectivity index (χ2n) is 6.45. The summed E-state index contributed by atoms with van der Waals surface area (Å²) in [6.45, 7) is 0. The third-order valence-electron chi connectivity index (χ3n) is 4.57. The summed E-state index contributed by atoms with van der Waals surface area (Å²) in [5, 5.41) is 5.68. The van der Waals surface area contributed by atoms with Gasteiger partial charge in [-0.3, -0.25) is 14.2 Å². The van der Waals surface area contributed by atoms with Gasteiger partial charge >= 0.3 is 0 Å². The van der Waals surface area contributed by atoms with Crippen molar-refractivity contribution in [3.05, 3.63) is 21.8 Å². The first-order valence-electron chi connectivity index (χ1n) is 8.00. The lowest BCUT2D eigenvalue weighted by molar-refractivity contribution is -0.119. The Hall–Kier alpha value is -1.34. The van der Waals surface area contributed by atoms with E-state index in [4.69, 9.17) is 0 Å². The van der Waals surface area contributed by atoms with Gasteiger partial charge in [0, 0.05) is 13.1 Å². The minimum Gasteiger partial charge on any atom is -0.352 e. The number of aromatic nitrogens is 2. The van der Waals surface area contributed by atoms with Crippen LogP contribution in [0.25, 0.3) is 10.2 Å². The van der Waals surface area contributed by atoms with Gasteiger partial charge in [0.15, 0.2) is 5.16 Å². The molecule has 0 atom stereocenters. The molecule has 2 fully saturated rings. The van der Waals surface area contributed by atoms with Crippen LogP contribution < -0.4 is 10.9 Å². The Morgan fingerprint density at radius 1 is 1.43 bits per heavy atom. The van der Waals surface area contributed by atoms with Crippen molar-refractivity contribution in [3.8, 4) is 0 Å². The van der Waals surface area contributed by atoms with Crippen molar-refractivity contribution < 1.29 is 4.79 Å². The van der Waals surface area contributed by atoms with Gasteiger partial charge in [-0.25, -0.2) is 4.98 Å². The van der Waals surface area contributed by atoms with Gasteiger partial charge in [-0.05, 0) is 49.0 Å². The third-order valence-corrected chi connectivity index (χ3v) is 6.49. The van der Waals surface area contributed by atoms with Gasteiger partial charge in [-0.2, -0.15) is 0 Å². The highest BCUT2D eigenvalue weighted by atomic mass is 32.2. The van der Waals surface area contributed by atoms with Gasteiger partial charge in [0.2, 0.25) is 5.91 Å². The number of nitrogens with one attached hydrogen (secondary N) is 1. The molecule has 4 rings (SSSR count). The molecule has 0 aliphatic heterocycles. The summed E-state index contributed by atoms with van der Waals surface area (Å²) in [5.74, 6) is 1.76. The molecule has 122 valence electrons. The van der Waals surface area contributed by atoms with Crippen LogP contribution in [0.3, 0.4) is 0 Å². The number of hydrogen-bond donors (Lipinski definition) is 1. The van der Waals surface area contributed by atoms with Gasteiger partial charge in [0.25, 0.3) is 5.56 Å². The van der Waals surface area contributed by atoms with Crippen LogP contribution in [-0.2, 0) is 11.8 Å². The van der Waals surface area contributed by atoms with Gasteiger partial charge < -0.3 is 5.32 Å². The van der Waals surface area contributed by atoms with E-state index in [2.05, 4.69) is 10.3 Å². The van der Waals surface area contributed by atoms with Crippen molar-refractivity contribution in [2.24, 2.45) is 18.9 Å². The number of carbonyl (C=O) groups is 1. The first-order valence-corrected chi connectivity index (χ1v) is 9.86. The second-order valence-corrected chi connectivity index (χ2v) is 8.31. The van der Waals surface area contributed by atoms with Crippen LogP contribution in [0.2, 0.25) is 0 Å². The lowest BCUT2D eigenvalue weighted by atomic mass is 10.1. The number of hydrogen-bond acceptors (Lipinski definition) is 5. The van der Waals surface area contributed by atoms with E-state index in [1.165, 1.54) is 53.3 Å². The van der Waals surface area contributed by atoms with Crippen molar-refractivity contribution in [3.63, 3.8) is 0 Å². The normalized spacial score (nSPS) is 17.8. The number of carbonyl (C=O) groups excluding carboxylic acids is 1. The lowest BCUT2D eigenvalue weighted by Crippen LogP contribution is -2.39. The first kappa shape index (κ1) is 15.2. The van der Waals surface area contributed by atoms with Gasteiger partial charge in [0.1, 0.15) is 4.70 Å². The molecule has 23 heavy (non-hydrogen) atoms. The second kappa shape index (κ2) is 5.94. The van der Waals surface area contributed by atoms with Gasteiger partial charge in [0.05, 0.1) is 11.3 Å². The van der Waals surface area contributed by atoms with Crippen molar-refractivity contribution in [1.82, 2.24) is 14.9 Å². The van der Waals surface area contributed by atoms with E-state index in [1.54, 1.807) is 7.05 Å². The van der Waals surface area contributed by atoms with Crippen LogP contribution in [0, 0.1) is 11.8 Å². The zero-order valence-electron chi connectivity index (χ0n) is 12.9. The molecule has 0 saturated heterocycles. The zero-order valence-corrected chi connectivity index (χ0v) is 14.6. The third kappa shape index (κ3) is 3.17. The fourth-order valence-corrected chi connectivity index (χ4v) is 4.57. The average Bonchev–Trinajstić information content (AvgIpc) is 3.45. The van der Waals surface area contributed by atoms with E-state index in [9.17, 15) is 9.59 Å². The molecule has 0 bridgehead atoms. The Kier molecular flexibility index (Phi) is 3.93. The van der Waals surface area contributed by atoms with Crippen LogP contribution in [0.4, 0.5) is 0 Å². The van der Waals surface area contributed by atoms with Gasteiger partial charge in [-0.1, -0.05) is 11.8 Å². The predicted molar refractivity (Wildman–Crippen MR) is 93.0 cm³/mol. The Labute approximate surface area is 142 Å². The quantitative estimate of drug-likeness (QED) is 0.642. The van der Waals surface area contributed by atoms with Crippen LogP contribution in [-0.4, -0.2) is 27.3 Å². The molecule has 0 aromatic carbocycles. The summed E-state index contributed by atoms with van der Waals surface area (Å²) in [5.41, 5.74) is 0.677. The van der Waals surface area contributed by atoms with E-state index in [-0.39, 0.29) is 11.5 Å². The highest BCUT2D eigenvalue weighted by Gasteiger charge is 2.42. The molecule has 7 heteroatoms. The zero-order chi connectivity index (χ0) is 16.0. The molecule has 2 heterocycles. The molecule has 1 N–H and O–H groups in total. The molecular formula is C16H19N3O2S2. The Morgan fingerprint density at radius 2 is 2.13 bits per heavy atom. The fraction of sp³-hybridized carbons (Fsp3) is 0.562. The smallest absolute Gasteiger partial charge is 0.271 e. The summed E-state index contributed by atoms with van der Waals surface area (Å²) in [7, 11) is 1.71. The van der Waals surface area contributed by atoms with Crippen molar-refractivity contribution in [1.29, 1.82) is 0 Å². The molecule has 1 amide bonds. The molecule has 0 radical (unpaired) electrons. The standard InChI is InChI=1S/C16H19N3O2S2/c1-19-15(21)14-11(6-7-22-14)17-16(19)23-8-12(20)18-13(9-2-3-9)10-4-5-10/h6-7,9-10,13H,2-5,8H2,1H3,(H,18,20). The number of thiophene rings is 1. The van der Waals surface area contributed by atoms with E-state index in [0.29, 0.717) is 33.5 Å². The molecule has 2 aromatic rings.